The number of nitrogens with one attached hydrogen (secondary N) is 1. The van der Waals surface area contributed by atoms with E-state index in [1.165, 1.54) is 0 Å². The molecule has 0 aliphatic heterocycles. The molecule has 1 unspecified atom stereocenters. The van der Waals surface area contributed by atoms with Crippen LogP contribution < -0.4 is 15.8 Å². The summed E-state index contributed by atoms with van der Waals surface area (Å²) >= 11 is 0. The quantitative estimate of drug-likeness (QED) is 0.807. The maximum atomic E-state index is 5.66. The van der Waals surface area contributed by atoms with Crippen LogP contribution in [0.2, 0.25) is 0 Å². The Bertz CT molecular complexity index is 556. The number of furan rings is 1. The van der Waals surface area contributed by atoms with Gasteiger partial charge in [0.25, 0.3) is 0 Å². The Morgan fingerprint density at radius 3 is 2.76 bits per heavy atom. The summed E-state index contributed by atoms with van der Waals surface area (Å²) in [5.74, 6) is 1.52. The Labute approximate surface area is 123 Å². The number of nitrogen functional groups attached to an aromatic ring is 1. The summed E-state index contributed by atoms with van der Waals surface area (Å²) in [5, 5.41) is 3.19. The molecule has 0 amide bonds. The topological polar surface area (TPSA) is 99.1 Å². The number of hydrogen-bond acceptors (Lipinski definition) is 7. The molecule has 0 saturated heterocycles. The van der Waals surface area contributed by atoms with Gasteiger partial charge in [-0.2, -0.15) is 15.0 Å². The van der Waals surface area contributed by atoms with Crippen molar-refractivity contribution in [1.29, 1.82) is 0 Å². The number of aromatic nitrogens is 3. The van der Waals surface area contributed by atoms with Crippen LogP contribution in [0.25, 0.3) is 0 Å². The number of aryl methyl sites for hydroxylation is 1. The van der Waals surface area contributed by atoms with Crippen molar-refractivity contribution in [1.82, 2.24) is 15.0 Å². The van der Waals surface area contributed by atoms with Crippen LogP contribution in [-0.4, -0.2) is 27.1 Å². The molecule has 7 heteroatoms. The predicted octanol–water partition coefficient (Wildman–Crippen LogP) is 2.27. The van der Waals surface area contributed by atoms with E-state index in [2.05, 4.69) is 20.3 Å². The zero-order valence-corrected chi connectivity index (χ0v) is 12.5. The fraction of sp³-hybridized carbons (Fsp3) is 0.500. The highest BCUT2D eigenvalue weighted by atomic mass is 16.5. The van der Waals surface area contributed by atoms with E-state index in [0.717, 1.165) is 18.6 Å². The molecular formula is C14H21N5O2. The molecule has 0 aromatic carbocycles. The van der Waals surface area contributed by atoms with Crippen molar-refractivity contribution in [2.75, 3.05) is 11.1 Å². The van der Waals surface area contributed by atoms with Crippen molar-refractivity contribution in [3.05, 3.63) is 24.2 Å². The van der Waals surface area contributed by atoms with Crippen LogP contribution in [0.1, 0.15) is 33.0 Å². The van der Waals surface area contributed by atoms with Gasteiger partial charge in [-0.15, -0.1) is 0 Å². The van der Waals surface area contributed by atoms with Gasteiger partial charge < -0.3 is 20.2 Å². The highest BCUT2D eigenvalue weighted by Gasteiger charge is 2.10. The maximum absolute atomic E-state index is 5.66. The SMILES string of the molecule is CC(CCc1ccco1)Nc1nc(N)nc(OC(C)C)n1. The van der Waals surface area contributed by atoms with Gasteiger partial charge in [-0.1, -0.05) is 0 Å². The van der Waals surface area contributed by atoms with E-state index in [9.17, 15) is 0 Å². The van der Waals surface area contributed by atoms with Crippen molar-refractivity contribution < 1.29 is 9.15 Å². The van der Waals surface area contributed by atoms with E-state index in [0.29, 0.717) is 5.95 Å². The van der Waals surface area contributed by atoms with E-state index < -0.39 is 0 Å². The molecule has 0 radical (unpaired) electrons. The highest BCUT2D eigenvalue weighted by molar-refractivity contribution is 5.33. The third-order valence-electron chi connectivity index (χ3n) is 2.75. The van der Waals surface area contributed by atoms with Crippen LogP contribution in [0.5, 0.6) is 6.01 Å². The van der Waals surface area contributed by atoms with E-state index in [1.54, 1.807) is 6.26 Å². The standard InChI is InChI=1S/C14H21N5O2/c1-9(2)21-14-18-12(15)17-13(19-14)16-10(3)6-7-11-5-4-8-20-11/h4-5,8-10H,6-7H2,1-3H3,(H3,15,16,17,18,19). The molecule has 3 N–H and O–H groups in total. The van der Waals surface area contributed by atoms with Crippen LogP contribution in [-0.2, 0) is 6.42 Å². The molecule has 0 bridgehead atoms. The van der Waals surface area contributed by atoms with Gasteiger partial charge in [0, 0.05) is 12.5 Å². The molecule has 0 aliphatic rings. The van der Waals surface area contributed by atoms with Gasteiger partial charge in [-0.3, -0.25) is 0 Å². The number of nitrogens with zero attached hydrogens (tertiary/aromatic N) is 3. The highest BCUT2D eigenvalue weighted by Crippen LogP contribution is 2.13. The molecule has 2 rings (SSSR count). The summed E-state index contributed by atoms with van der Waals surface area (Å²) in [6.07, 6.45) is 3.39. The monoisotopic (exact) mass is 291 g/mol. The molecule has 114 valence electrons. The lowest BCUT2D eigenvalue weighted by Crippen LogP contribution is -2.19. The van der Waals surface area contributed by atoms with Crippen molar-refractivity contribution in [2.24, 2.45) is 0 Å². The minimum absolute atomic E-state index is 0.0176. The molecule has 0 fully saturated rings. The summed E-state index contributed by atoms with van der Waals surface area (Å²) in [4.78, 5) is 12.2. The van der Waals surface area contributed by atoms with Crippen molar-refractivity contribution in [2.45, 2.75) is 45.8 Å². The Morgan fingerprint density at radius 1 is 1.29 bits per heavy atom. The summed E-state index contributed by atoms with van der Waals surface area (Å²) in [6.45, 7) is 5.85. The van der Waals surface area contributed by atoms with E-state index >= 15 is 0 Å². The first kappa shape index (κ1) is 15.1. The van der Waals surface area contributed by atoms with Gasteiger partial charge in [0.15, 0.2) is 0 Å². The lowest BCUT2D eigenvalue weighted by Gasteiger charge is -2.14. The molecule has 0 aliphatic carbocycles. The van der Waals surface area contributed by atoms with E-state index in [4.69, 9.17) is 14.9 Å². The molecule has 1 atom stereocenters. The van der Waals surface area contributed by atoms with Crippen LogP contribution in [0.3, 0.4) is 0 Å². The number of anilines is 2. The van der Waals surface area contributed by atoms with Gasteiger partial charge in [-0.05, 0) is 39.3 Å². The summed E-state index contributed by atoms with van der Waals surface area (Å²) < 4.78 is 10.7. The first-order chi connectivity index (χ1) is 10.0. The maximum Gasteiger partial charge on any atom is 0.323 e. The van der Waals surface area contributed by atoms with E-state index in [-0.39, 0.29) is 24.1 Å². The third kappa shape index (κ3) is 4.94. The zero-order valence-electron chi connectivity index (χ0n) is 12.5. The summed E-state index contributed by atoms with van der Waals surface area (Å²) in [6, 6.07) is 4.25. The third-order valence-corrected chi connectivity index (χ3v) is 2.75. The summed E-state index contributed by atoms with van der Waals surface area (Å²) in [5.41, 5.74) is 5.66. The largest absolute Gasteiger partial charge is 0.469 e. The van der Waals surface area contributed by atoms with Gasteiger partial charge in [0.1, 0.15) is 5.76 Å². The molecule has 0 spiro atoms. The predicted molar refractivity (Wildman–Crippen MR) is 80.1 cm³/mol. The van der Waals surface area contributed by atoms with Gasteiger partial charge in [-0.25, -0.2) is 0 Å². The molecule has 7 nitrogen and oxygen atoms in total. The first-order valence-corrected chi connectivity index (χ1v) is 7.00. The molecular weight excluding hydrogens is 270 g/mol. The van der Waals surface area contributed by atoms with Crippen LogP contribution in [0.4, 0.5) is 11.9 Å². The molecule has 0 saturated carbocycles. The average molecular weight is 291 g/mol. The second-order valence-electron chi connectivity index (χ2n) is 5.13. The Kier molecular flexibility index (Phi) is 4.97. The van der Waals surface area contributed by atoms with Gasteiger partial charge >= 0.3 is 6.01 Å². The van der Waals surface area contributed by atoms with Gasteiger partial charge in [0.2, 0.25) is 11.9 Å². The Hall–Kier alpha value is -2.31. The van der Waals surface area contributed by atoms with Gasteiger partial charge in [0.05, 0.1) is 12.4 Å². The van der Waals surface area contributed by atoms with Crippen molar-refractivity contribution in [3.63, 3.8) is 0 Å². The summed E-state index contributed by atoms with van der Waals surface area (Å²) in [7, 11) is 0. The smallest absolute Gasteiger partial charge is 0.323 e. The number of hydrogen-bond donors (Lipinski definition) is 2. The van der Waals surface area contributed by atoms with Crippen LogP contribution in [0.15, 0.2) is 22.8 Å². The van der Waals surface area contributed by atoms with Crippen molar-refractivity contribution >= 4 is 11.9 Å². The van der Waals surface area contributed by atoms with Crippen LogP contribution in [0, 0.1) is 0 Å². The molecule has 2 aromatic rings. The fourth-order valence-electron chi connectivity index (χ4n) is 1.81. The Morgan fingerprint density at radius 2 is 2.10 bits per heavy atom. The minimum Gasteiger partial charge on any atom is -0.469 e. The Balaban J connectivity index is 1.93. The lowest BCUT2D eigenvalue weighted by atomic mass is 10.1. The zero-order chi connectivity index (χ0) is 15.2. The van der Waals surface area contributed by atoms with Crippen molar-refractivity contribution in [3.8, 4) is 6.01 Å². The van der Waals surface area contributed by atoms with E-state index in [1.807, 2.05) is 32.9 Å². The first-order valence-electron chi connectivity index (χ1n) is 7.00. The molecule has 21 heavy (non-hydrogen) atoms. The lowest BCUT2D eigenvalue weighted by molar-refractivity contribution is 0.222. The number of rotatable bonds is 7. The molecule has 2 aromatic heterocycles. The molecule has 2 heterocycles. The number of ether oxygens (including phenoxy) is 1. The minimum atomic E-state index is -0.0176. The number of nitrogens with two attached hydrogens (primary N) is 1. The second kappa shape index (κ2) is 6.92. The van der Waals surface area contributed by atoms with Crippen LogP contribution >= 0.6 is 0 Å². The normalized spacial score (nSPS) is 12.4. The average Bonchev–Trinajstić information content (AvgIpc) is 2.87. The fourth-order valence-corrected chi connectivity index (χ4v) is 1.81. The second-order valence-corrected chi connectivity index (χ2v) is 5.13.